The lowest BCUT2D eigenvalue weighted by atomic mass is 10.0. The Labute approximate surface area is 166 Å². The molecule has 29 heavy (non-hydrogen) atoms. The molecule has 146 valence electrons. The number of fused-ring (bicyclic) bond motifs is 1. The van der Waals surface area contributed by atoms with Gasteiger partial charge >= 0.3 is 0 Å². The molecule has 0 spiro atoms. The number of carbonyl (C=O) groups excluding carboxylic acids is 2. The van der Waals surface area contributed by atoms with E-state index in [1.807, 2.05) is 0 Å². The van der Waals surface area contributed by atoms with E-state index in [-0.39, 0.29) is 30.1 Å². The molecule has 3 aromatic rings. The molecule has 2 aromatic carbocycles. The van der Waals surface area contributed by atoms with E-state index in [0.29, 0.717) is 16.9 Å². The van der Waals surface area contributed by atoms with Crippen LogP contribution in [0.25, 0.3) is 0 Å². The minimum atomic E-state index is -0.674. The maximum absolute atomic E-state index is 14.7. The van der Waals surface area contributed by atoms with Crippen molar-refractivity contribution in [2.75, 3.05) is 6.61 Å². The first-order valence-corrected chi connectivity index (χ1v) is 8.99. The van der Waals surface area contributed by atoms with E-state index in [0.717, 1.165) is 11.6 Å². The summed E-state index contributed by atoms with van der Waals surface area (Å²) < 4.78 is 26.2. The zero-order chi connectivity index (χ0) is 20.4. The summed E-state index contributed by atoms with van der Waals surface area (Å²) in [6, 6.07) is 12.6. The molecule has 2 heterocycles. The summed E-state index contributed by atoms with van der Waals surface area (Å²) in [5.74, 6) is -1.10. The molecule has 1 aliphatic rings. The van der Waals surface area contributed by atoms with Crippen LogP contribution in [0.4, 0.5) is 4.39 Å². The van der Waals surface area contributed by atoms with Crippen molar-refractivity contribution in [2.24, 2.45) is 5.73 Å². The maximum Gasteiger partial charge on any atom is 0.248 e. The number of ketones is 1. The number of hydrogen-bond donors (Lipinski definition) is 1. The summed E-state index contributed by atoms with van der Waals surface area (Å²) in [6.07, 6.45) is 2.76. The van der Waals surface area contributed by atoms with Crippen molar-refractivity contribution in [3.05, 3.63) is 89.0 Å². The second kappa shape index (κ2) is 7.71. The number of ether oxygens (including phenoxy) is 2. The number of hydrogen-bond acceptors (Lipinski definition) is 5. The smallest absolute Gasteiger partial charge is 0.248 e. The van der Waals surface area contributed by atoms with Crippen molar-refractivity contribution >= 4 is 11.7 Å². The summed E-state index contributed by atoms with van der Waals surface area (Å²) >= 11 is 0. The van der Waals surface area contributed by atoms with Crippen molar-refractivity contribution in [3.8, 4) is 11.5 Å². The number of primary amides is 1. The Balaban J connectivity index is 1.73. The van der Waals surface area contributed by atoms with Crippen molar-refractivity contribution < 1.29 is 23.5 Å². The topological polar surface area (TPSA) is 91.5 Å². The number of carbonyl (C=O) groups is 2. The van der Waals surface area contributed by atoms with Gasteiger partial charge in [0.15, 0.2) is 17.3 Å². The predicted molar refractivity (Wildman–Crippen MR) is 103 cm³/mol. The third-order valence-electron chi connectivity index (χ3n) is 4.67. The maximum atomic E-state index is 14.7. The van der Waals surface area contributed by atoms with Crippen LogP contribution in [0.5, 0.6) is 11.5 Å². The number of halogens is 1. The standard InChI is InChI=1S/C22H17FN2O4/c23-17-11-16-18(26)7-10-28-19(16)12-20(17)29-21(14-5-8-25-9-6-14)13-1-3-15(4-2-13)22(24)27/h1-6,8-9,11-12,21H,7,10H2,(H2,24,27). The summed E-state index contributed by atoms with van der Waals surface area (Å²) in [7, 11) is 0. The average molecular weight is 392 g/mol. The van der Waals surface area contributed by atoms with Gasteiger partial charge in [-0.05, 0) is 41.5 Å². The van der Waals surface area contributed by atoms with Crippen LogP contribution in [0.2, 0.25) is 0 Å². The number of aromatic nitrogens is 1. The van der Waals surface area contributed by atoms with Gasteiger partial charge < -0.3 is 15.2 Å². The number of nitrogens with zero attached hydrogens (tertiary/aromatic N) is 1. The van der Waals surface area contributed by atoms with Crippen LogP contribution in [0.3, 0.4) is 0 Å². The Hall–Kier alpha value is -3.74. The summed E-state index contributed by atoms with van der Waals surface area (Å²) in [6.45, 7) is 0.249. The van der Waals surface area contributed by atoms with Crippen LogP contribution in [-0.2, 0) is 0 Å². The molecule has 0 fully saturated rings. The first-order chi connectivity index (χ1) is 14.0. The van der Waals surface area contributed by atoms with Gasteiger partial charge in [-0.15, -0.1) is 0 Å². The highest BCUT2D eigenvalue weighted by molar-refractivity contribution is 5.99. The molecule has 0 saturated heterocycles. The van der Waals surface area contributed by atoms with Crippen molar-refractivity contribution in [1.82, 2.24) is 4.98 Å². The van der Waals surface area contributed by atoms with E-state index in [4.69, 9.17) is 15.2 Å². The lowest BCUT2D eigenvalue weighted by Gasteiger charge is -2.23. The molecule has 6 nitrogen and oxygen atoms in total. The monoisotopic (exact) mass is 392 g/mol. The van der Waals surface area contributed by atoms with Crippen LogP contribution in [0.1, 0.15) is 44.4 Å². The Morgan fingerprint density at radius 1 is 1.10 bits per heavy atom. The molecular formula is C22H17FN2O4. The van der Waals surface area contributed by atoms with E-state index in [1.54, 1.807) is 48.8 Å². The van der Waals surface area contributed by atoms with Gasteiger partial charge in [-0.25, -0.2) is 4.39 Å². The van der Waals surface area contributed by atoms with Gasteiger partial charge in [-0.1, -0.05) is 12.1 Å². The van der Waals surface area contributed by atoms with Crippen LogP contribution < -0.4 is 15.2 Å². The third kappa shape index (κ3) is 3.80. The molecule has 0 radical (unpaired) electrons. The zero-order valence-electron chi connectivity index (χ0n) is 15.3. The lowest BCUT2D eigenvalue weighted by Crippen LogP contribution is -2.17. The number of benzene rings is 2. The van der Waals surface area contributed by atoms with Crippen molar-refractivity contribution in [1.29, 1.82) is 0 Å². The molecular weight excluding hydrogens is 375 g/mol. The van der Waals surface area contributed by atoms with E-state index >= 15 is 0 Å². The van der Waals surface area contributed by atoms with Crippen LogP contribution in [0.15, 0.2) is 60.9 Å². The van der Waals surface area contributed by atoms with Gasteiger partial charge in [-0.3, -0.25) is 14.6 Å². The quantitative estimate of drug-likeness (QED) is 0.718. The van der Waals surface area contributed by atoms with Crippen LogP contribution >= 0.6 is 0 Å². The highest BCUT2D eigenvalue weighted by Crippen LogP contribution is 2.35. The van der Waals surface area contributed by atoms with Gasteiger partial charge in [-0.2, -0.15) is 0 Å². The SMILES string of the molecule is NC(=O)c1ccc(C(Oc2cc3c(cc2F)C(=O)CCO3)c2ccncc2)cc1. The molecule has 4 rings (SSSR count). The molecule has 0 bridgehead atoms. The van der Waals surface area contributed by atoms with Gasteiger partial charge in [0.1, 0.15) is 11.9 Å². The molecule has 1 aromatic heterocycles. The van der Waals surface area contributed by atoms with Crippen LogP contribution in [-0.4, -0.2) is 23.3 Å². The second-order valence-electron chi connectivity index (χ2n) is 6.57. The van der Waals surface area contributed by atoms with Gasteiger partial charge in [0.2, 0.25) is 5.91 Å². The van der Waals surface area contributed by atoms with Crippen LogP contribution in [0, 0.1) is 5.82 Å². The van der Waals surface area contributed by atoms with Crippen molar-refractivity contribution in [2.45, 2.75) is 12.5 Å². The second-order valence-corrected chi connectivity index (χ2v) is 6.57. The molecule has 2 N–H and O–H groups in total. The Bertz CT molecular complexity index is 1070. The number of rotatable bonds is 5. The number of nitrogens with two attached hydrogens (primary N) is 1. The third-order valence-corrected chi connectivity index (χ3v) is 4.67. The first-order valence-electron chi connectivity index (χ1n) is 8.99. The molecule has 1 atom stereocenters. The number of Topliss-reactive ketones (excluding diaryl/α,β-unsaturated/α-hetero) is 1. The number of pyridine rings is 1. The van der Waals surface area contributed by atoms with Gasteiger partial charge in [0.05, 0.1) is 12.2 Å². The van der Waals surface area contributed by atoms with Gasteiger partial charge in [0, 0.05) is 30.4 Å². The first kappa shape index (κ1) is 18.6. The molecule has 1 amide bonds. The molecule has 1 aliphatic heterocycles. The minimum absolute atomic E-state index is 0.0424. The van der Waals surface area contributed by atoms with E-state index in [9.17, 15) is 14.0 Å². The largest absolute Gasteiger partial charge is 0.492 e. The predicted octanol–water partition coefficient (Wildman–Crippen LogP) is 3.45. The number of amides is 1. The van der Waals surface area contributed by atoms with Gasteiger partial charge in [0.25, 0.3) is 0 Å². The molecule has 0 aliphatic carbocycles. The Kier molecular flexibility index (Phi) is 4.95. The summed E-state index contributed by atoms with van der Waals surface area (Å²) in [5, 5.41) is 0. The summed E-state index contributed by atoms with van der Waals surface area (Å²) in [4.78, 5) is 27.3. The Morgan fingerprint density at radius 2 is 1.79 bits per heavy atom. The lowest BCUT2D eigenvalue weighted by molar-refractivity contribution is 0.0931. The van der Waals surface area contributed by atoms with E-state index < -0.39 is 17.8 Å². The highest BCUT2D eigenvalue weighted by Gasteiger charge is 2.24. The molecule has 7 heteroatoms. The molecule has 0 saturated carbocycles. The summed E-state index contributed by atoms with van der Waals surface area (Å²) in [5.41, 5.74) is 7.30. The minimum Gasteiger partial charge on any atom is -0.492 e. The van der Waals surface area contributed by atoms with E-state index in [1.165, 1.54) is 6.07 Å². The highest BCUT2D eigenvalue weighted by atomic mass is 19.1. The van der Waals surface area contributed by atoms with E-state index in [2.05, 4.69) is 4.98 Å². The fraction of sp³-hybridized carbons (Fsp3) is 0.136. The zero-order valence-corrected chi connectivity index (χ0v) is 15.3. The van der Waals surface area contributed by atoms with Crippen molar-refractivity contribution in [3.63, 3.8) is 0 Å². The fourth-order valence-corrected chi connectivity index (χ4v) is 3.17. The Morgan fingerprint density at radius 3 is 2.48 bits per heavy atom. The normalized spacial score (nSPS) is 13.9. The molecule has 1 unspecified atom stereocenters. The fourth-order valence-electron chi connectivity index (χ4n) is 3.17. The average Bonchev–Trinajstić information content (AvgIpc) is 2.74.